The molecule has 0 N–H and O–H groups in total. The lowest BCUT2D eigenvalue weighted by Crippen LogP contribution is -1.96. The van der Waals surface area contributed by atoms with Crippen molar-refractivity contribution in [3.8, 4) is 0 Å². The highest BCUT2D eigenvalue weighted by molar-refractivity contribution is 6.09. The molecule has 12 heavy (non-hydrogen) atoms. The number of rotatable bonds is 3. The molecule has 0 saturated carbocycles. The summed E-state index contributed by atoms with van der Waals surface area (Å²) in [6, 6.07) is 1.87. The van der Waals surface area contributed by atoms with Crippen molar-refractivity contribution in [1.29, 1.82) is 0 Å². The highest BCUT2D eigenvalue weighted by atomic mass is 14.9. The molecule has 0 aliphatic heterocycles. The summed E-state index contributed by atoms with van der Waals surface area (Å²) in [5, 5.41) is 0. The molecule has 2 nitrogen and oxygen atoms in total. The summed E-state index contributed by atoms with van der Waals surface area (Å²) in [5.41, 5.74) is 1.79. The normalized spacial score (nSPS) is 10.3. The summed E-state index contributed by atoms with van der Waals surface area (Å²) < 4.78 is 1.49. The molecule has 0 atom stereocenters. The maximum Gasteiger partial charge on any atom is 0.234 e. The van der Waals surface area contributed by atoms with E-state index in [1.54, 1.807) is 18.5 Å². The monoisotopic (exact) mass is 156 g/mol. The van der Waals surface area contributed by atoms with Crippen molar-refractivity contribution in [2.24, 2.45) is 4.99 Å². The minimum atomic E-state index is 0.824. The molecule has 0 bridgehead atoms. The van der Waals surface area contributed by atoms with Crippen LogP contribution in [0.2, 0.25) is 0 Å². The molecular formula is C9H9BN2. The smallest absolute Gasteiger partial charge is 0.234 e. The van der Waals surface area contributed by atoms with E-state index in [0.717, 1.165) is 11.3 Å². The Morgan fingerprint density at radius 3 is 2.83 bits per heavy atom. The van der Waals surface area contributed by atoms with Crippen molar-refractivity contribution in [2.75, 3.05) is 0 Å². The van der Waals surface area contributed by atoms with Crippen LogP contribution in [0.5, 0.6) is 0 Å². The van der Waals surface area contributed by atoms with Crippen molar-refractivity contribution in [3.63, 3.8) is 0 Å². The molecular weight excluding hydrogens is 147 g/mol. The average molecular weight is 156 g/mol. The van der Waals surface area contributed by atoms with Gasteiger partial charge in [-0.1, -0.05) is 19.2 Å². The number of aliphatic imine (C=N–C) groups is 1. The van der Waals surface area contributed by atoms with Crippen molar-refractivity contribution < 1.29 is 0 Å². The van der Waals surface area contributed by atoms with E-state index >= 15 is 0 Å². The van der Waals surface area contributed by atoms with E-state index in [0.29, 0.717) is 0 Å². The molecule has 0 amide bonds. The van der Waals surface area contributed by atoms with Crippen LogP contribution in [0.25, 0.3) is 6.08 Å². The standard InChI is InChI=1S/C9H9BN2/c1-3-8-5-6-12(10)9(8)7-11-4-2/h3-7H,1-2H2. The molecule has 0 aromatic carbocycles. The fourth-order valence-corrected chi connectivity index (χ4v) is 0.912. The van der Waals surface area contributed by atoms with Gasteiger partial charge >= 0.3 is 0 Å². The third kappa shape index (κ3) is 1.56. The summed E-state index contributed by atoms with van der Waals surface area (Å²) in [7, 11) is 5.60. The zero-order valence-electron chi connectivity index (χ0n) is 6.77. The Balaban J connectivity index is 3.09. The van der Waals surface area contributed by atoms with Crippen LogP contribution in [-0.2, 0) is 0 Å². The maximum absolute atomic E-state index is 5.60. The van der Waals surface area contributed by atoms with Gasteiger partial charge in [-0.15, -0.1) is 0 Å². The Hall–Kier alpha value is -1.51. The first-order valence-corrected chi connectivity index (χ1v) is 3.52. The van der Waals surface area contributed by atoms with Crippen LogP contribution >= 0.6 is 0 Å². The van der Waals surface area contributed by atoms with Gasteiger partial charge in [0, 0.05) is 12.4 Å². The van der Waals surface area contributed by atoms with Crippen LogP contribution in [0.4, 0.5) is 0 Å². The van der Waals surface area contributed by atoms with Crippen LogP contribution in [0, 0.1) is 0 Å². The fraction of sp³-hybridized carbons (Fsp3) is 0. The van der Waals surface area contributed by atoms with Crippen LogP contribution in [0.15, 0.2) is 36.6 Å². The molecule has 1 rings (SSSR count). The molecule has 0 aliphatic rings. The van der Waals surface area contributed by atoms with E-state index in [1.807, 2.05) is 6.07 Å². The molecule has 1 aromatic rings. The van der Waals surface area contributed by atoms with Gasteiger partial charge in [0.25, 0.3) is 0 Å². The van der Waals surface area contributed by atoms with Crippen molar-refractivity contribution in [3.05, 3.63) is 42.9 Å². The maximum atomic E-state index is 5.60. The van der Waals surface area contributed by atoms with E-state index in [4.69, 9.17) is 7.98 Å². The Bertz CT molecular complexity index is 323. The van der Waals surface area contributed by atoms with Crippen LogP contribution < -0.4 is 0 Å². The lowest BCUT2D eigenvalue weighted by atomic mass is 10.2. The lowest BCUT2D eigenvalue weighted by Gasteiger charge is -1.96. The topological polar surface area (TPSA) is 17.3 Å². The lowest BCUT2D eigenvalue weighted by molar-refractivity contribution is 1.24. The van der Waals surface area contributed by atoms with Gasteiger partial charge in [0.1, 0.15) is 0 Å². The van der Waals surface area contributed by atoms with Crippen LogP contribution in [0.3, 0.4) is 0 Å². The Labute approximate surface area is 73.4 Å². The Kier molecular flexibility index (Phi) is 2.69. The summed E-state index contributed by atoms with van der Waals surface area (Å²) in [6.45, 7) is 7.13. The number of hydrogen-bond acceptors (Lipinski definition) is 1. The summed E-state index contributed by atoms with van der Waals surface area (Å²) in [5.74, 6) is 0. The van der Waals surface area contributed by atoms with Gasteiger partial charge in [-0.3, -0.25) is 4.99 Å². The number of aromatic nitrogens is 1. The second-order valence-electron chi connectivity index (χ2n) is 2.23. The largest absolute Gasteiger partial charge is 0.402 e. The highest BCUT2D eigenvalue weighted by Crippen LogP contribution is 2.07. The fourth-order valence-electron chi connectivity index (χ4n) is 0.912. The predicted octanol–water partition coefficient (Wildman–Crippen LogP) is 1.63. The predicted molar refractivity (Wildman–Crippen MR) is 53.5 cm³/mol. The second kappa shape index (κ2) is 3.76. The molecule has 3 heteroatoms. The first-order chi connectivity index (χ1) is 5.79. The van der Waals surface area contributed by atoms with Gasteiger partial charge in [0.2, 0.25) is 7.98 Å². The van der Waals surface area contributed by atoms with E-state index in [-0.39, 0.29) is 0 Å². The van der Waals surface area contributed by atoms with Gasteiger partial charge in [-0.25, -0.2) is 0 Å². The van der Waals surface area contributed by atoms with E-state index in [1.165, 1.54) is 10.7 Å². The zero-order valence-corrected chi connectivity index (χ0v) is 6.77. The van der Waals surface area contributed by atoms with E-state index in [9.17, 15) is 0 Å². The quantitative estimate of drug-likeness (QED) is 0.467. The van der Waals surface area contributed by atoms with Crippen molar-refractivity contribution >= 4 is 20.3 Å². The molecule has 1 aromatic heterocycles. The highest BCUT2D eigenvalue weighted by Gasteiger charge is 1.98. The molecule has 0 fully saturated rings. The average Bonchev–Trinajstić information content (AvgIpc) is 2.43. The Morgan fingerprint density at radius 2 is 2.25 bits per heavy atom. The van der Waals surface area contributed by atoms with Gasteiger partial charge in [-0.2, -0.15) is 0 Å². The molecule has 0 saturated heterocycles. The molecule has 0 spiro atoms. The van der Waals surface area contributed by atoms with Gasteiger partial charge in [-0.05, 0) is 17.8 Å². The summed E-state index contributed by atoms with van der Waals surface area (Å²) >= 11 is 0. The van der Waals surface area contributed by atoms with Gasteiger partial charge in [0.05, 0.1) is 5.69 Å². The molecule has 58 valence electrons. The van der Waals surface area contributed by atoms with Crippen LogP contribution in [0.1, 0.15) is 11.3 Å². The van der Waals surface area contributed by atoms with E-state index < -0.39 is 0 Å². The van der Waals surface area contributed by atoms with Gasteiger partial charge in [0.15, 0.2) is 0 Å². The first kappa shape index (κ1) is 8.59. The number of nitrogens with zero attached hydrogens (tertiary/aromatic N) is 2. The van der Waals surface area contributed by atoms with E-state index in [2.05, 4.69) is 18.2 Å². The molecule has 2 radical (unpaired) electrons. The molecule has 1 heterocycles. The van der Waals surface area contributed by atoms with Crippen molar-refractivity contribution in [2.45, 2.75) is 0 Å². The molecule has 0 unspecified atom stereocenters. The molecule has 0 aliphatic carbocycles. The SMILES string of the molecule is [B]n1ccc(C=C)c1C=NC=C. The third-order valence-electron chi connectivity index (χ3n) is 1.51. The summed E-state index contributed by atoms with van der Waals surface area (Å²) in [4.78, 5) is 3.87. The zero-order chi connectivity index (χ0) is 8.97. The van der Waals surface area contributed by atoms with Crippen molar-refractivity contribution in [1.82, 2.24) is 4.48 Å². The second-order valence-corrected chi connectivity index (χ2v) is 2.23. The van der Waals surface area contributed by atoms with Gasteiger partial charge < -0.3 is 4.48 Å². The minimum Gasteiger partial charge on any atom is -0.402 e. The summed E-state index contributed by atoms with van der Waals surface area (Å²) in [6.07, 6.45) is 6.58. The number of hydrogen-bond donors (Lipinski definition) is 0. The Morgan fingerprint density at radius 1 is 1.50 bits per heavy atom. The third-order valence-corrected chi connectivity index (χ3v) is 1.51. The van der Waals surface area contributed by atoms with Crippen LogP contribution in [-0.4, -0.2) is 18.7 Å². The minimum absolute atomic E-state index is 0.824. The first-order valence-electron chi connectivity index (χ1n) is 3.52.